The second-order valence-corrected chi connectivity index (χ2v) is 6.84. The van der Waals surface area contributed by atoms with Crippen LogP contribution in [0.3, 0.4) is 0 Å². The SMILES string of the molecule is c1ccc(-c2ccc(Nc3nc4ccccc4nc3-c3ccccc3)cc2)cc1. The van der Waals surface area contributed by atoms with E-state index < -0.39 is 0 Å². The lowest BCUT2D eigenvalue weighted by Gasteiger charge is -2.13. The first-order chi connectivity index (χ1) is 14.4. The smallest absolute Gasteiger partial charge is 0.157 e. The summed E-state index contributed by atoms with van der Waals surface area (Å²) in [4.78, 5) is 9.74. The highest BCUT2D eigenvalue weighted by Gasteiger charge is 2.11. The molecule has 0 atom stereocenters. The summed E-state index contributed by atoms with van der Waals surface area (Å²) in [6.07, 6.45) is 0. The van der Waals surface area contributed by atoms with E-state index in [1.807, 2.05) is 48.5 Å². The van der Waals surface area contributed by atoms with Crippen LogP contribution in [0.1, 0.15) is 0 Å². The highest BCUT2D eigenvalue weighted by Crippen LogP contribution is 2.30. The molecule has 29 heavy (non-hydrogen) atoms. The molecule has 0 aliphatic rings. The first-order valence-corrected chi connectivity index (χ1v) is 9.61. The Morgan fingerprint density at radius 2 is 0.966 bits per heavy atom. The minimum Gasteiger partial charge on any atom is -0.338 e. The third-order valence-corrected chi connectivity index (χ3v) is 4.87. The van der Waals surface area contributed by atoms with Gasteiger partial charge in [0.15, 0.2) is 5.82 Å². The molecule has 1 N–H and O–H groups in total. The number of hydrogen-bond acceptors (Lipinski definition) is 3. The number of para-hydroxylation sites is 2. The zero-order valence-electron chi connectivity index (χ0n) is 15.8. The Morgan fingerprint density at radius 1 is 0.448 bits per heavy atom. The maximum atomic E-state index is 4.88. The molecule has 4 aromatic carbocycles. The first kappa shape index (κ1) is 17.1. The lowest BCUT2D eigenvalue weighted by atomic mass is 10.1. The van der Waals surface area contributed by atoms with Gasteiger partial charge in [-0.3, -0.25) is 0 Å². The van der Waals surface area contributed by atoms with Gasteiger partial charge in [-0.25, -0.2) is 9.97 Å². The van der Waals surface area contributed by atoms with Crippen molar-refractivity contribution in [3.63, 3.8) is 0 Å². The Bertz CT molecular complexity index is 1250. The van der Waals surface area contributed by atoms with Gasteiger partial charge in [-0.2, -0.15) is 0 Å². The topological polar surface area (TPSA) is 37.8 Å². The van der Waals surface area contributed by atoms with Crippen LogP contribution >= 0.6 is 0 Å². The Morgan fingerprint density at radius 3 is 1.62 bits per heavy atom. The van der Waals surface area contributed by atoms with Gasteiger partial charge in [0, 0.05) is 11.3 Å². The molecule has 0 spiro atoms. The van der Waals surface area contributed by atoms with E-state index in [0.717, 1.165) is 33.8 Å². The number of anilines is 2. The third kappa shape index (κ3) is 3.58. The Labute approximate surface area is 169 Å². The maximum absolute atomic E-state index is 4.88. The largest absolute Gasteiger partial charge is 0.338 e. The molecule has 1 heterocycles. The molecule has 0 bridgehead atoms. The first-order valence-electron chi connectivity index (χ1n) is 9.61. The van der Waals surface area contributed by atoms with Crippen molar-refractivity contribution in [2.24, 2.45) is 0 Å². The van der Waals surface area contributed by atoms with Gasteiger partial charge in [-0.1, -0.05) is 84.9 Å². The van der Waals surface area contributed by atoms with E-state index in [0.29, 0.717) is 0 Å². The number of nitrogens with zero attached hydrogens (tertiary/aromatic N) is 2. The molecule has 3 heteroatoms. The number of rotatable bonds is 4. The van der Waals surface area contributed by atoms with Crippen LogP contribution in [0, 0.1) is 0 Å². The molecule has 0 unspecified atom stereocenters. The normalized spacial score (nSPS) is 10.8. The predicted molar refractivity (Wildman–Crippen MR) is 120 cm³/mol. The minimum absolute atomic E-state index is 0.752. The van der Waals surface area contributed by atoms with Gasteiger partial charge < -0.3 is 5.32 Å². The number of nitrogens with one attached hydrogen (secondary N) is 1. The van der Waals surface area contributed by atoms with Crippen LogP contribution in [0.25, 0.3) is 33.4 Å². The quantitative estimate of drug-likeness (QED) is 0.380. The minimum atomic E-state index is 0.752. The lowest BCUT2D eigenvalue weighted by molar-refractivity contribution is 1.28. The van der Waals surface area contributed by atoms with Gasteiger partial charge in [0.2, 0.25) is 0 Å². The summed E-state index contributed by atoms with van der Waals surface area (Å²) < 4.78 is 0. The summed E-state index contributed by atoms with van der Waals surface area (Å²) in [6, 6.07) is 36.9. The van der Waals surface area contributed by atoms with Crippen molar-refractivity contribution in [3.05, 3.63) is 109 Å². The van der Waals surface area contributed by atoms with Crippen LogP contribution in [-0.4, -0.2) is 9.97 Å². The van der Waals surface area contributed by atoms with Crippen molar-refractivity contribution in [1.82, 2.24) is 9.97 Å². The standard InChI is InChI=1S/C26H19N3/c1-3-9-19(10-4-1)20-15-17-22(18-16-20)27-26-25(21-11-5-2-6-12-21)28-23-13-7-8-14-24(23)29-26/h1-18H,(H,27,29). The molecule has 5 rings (SSSR count). The second kappa shape index (κ2) is 7.56. The lowest BCUT2D eigenvalue weighted by Crippen LogP contribution is -2.00. The number of aromatic nitrogens is 2. The average Bonchev–Trinajstić information content (AvgIpc) is 2.80. The van der Waals surface area contributed by atoms with Gasteiger partial charge in [0.1, 0.15) is 5.69 Å². The Hall–Kier alpha value is -3.98. The van der Waals surface area contributed by atoms with Crippen molar-refractivity contribution in [2.75, 3.05) is 5.32 Å². The van der Waals surface area contributed by atoms with E-state index in [1.54, 1.807) is 0 Å². The van der Waals surface area contributed by atoms with E-state index >= 15 is 0 Å². The van der Waals surface area contributed by atoms with Crippen molar-refractivity contribution in [2.45, 2.75) is 0 Å². The number of hydrogen-bond donors (Lipinski definition) is 1. The fraction of sp³-hybridized carbons (Fsp3) is 0. The molecule has 3 nitrogen and oxygen atoms in total. The monoisotopic (exact) mass is 373 g/mol. The molecule has 0 saturated heterocycles. The summed E-state index contributed by atoms with van der Waals surface area (Å²) in [5, 5.41) is 3.47. The zero-order chi connectivity index (χ0) is 19.5. The second-order valence-electron chi connectivity index (χ2n) is 6.84. The van der Waals surface area contributed by atoms with Crippen molar-refractivity contribution in [1.29, 1.82) is 0 Å². The zero-order valence-corrected chi connectivity index (χ0v) is 15.8. The van der Waals surface area contributed by atoms with E-state index in [-0.39, 0.29) is 0 Å². The van der Waals surface area contributed by atoms with Gasteiger partial charge in [-0.05, 0) is 35.4 Å². The summed E-state index contributed by atoms with van der Waals surface area (Å²) in [7, 11) is 0. The van der Waals surface area contributed by atoms with Crippen molar-refractivity contribution in [3.8, 4) is 22.4 Å². The summed E-state index contributed by atoms with van der Waals surface area (Å²) >= 11 is 0. The van der Waals surface area contributed by atoms with Crippen molar-refractivity contribution >= 4 is 22.5 Å². The summed E-state index contributed by atoms with van der Waals surface area (Å²) in [6.45, 7) is 0. The highest BCUT2D eigenvalue weighted by atomic mass is 15.0. The molecule has 138 valence electrons. The van der Waals surface area contributed by atoms with Gasteiger partial charge >= 0.3 is 0 Å². The van der Waals surface area contributed by atoms with Crippen LogP contribution in [0.4, 0.5) is 11.5 Å². The molecule has 0 aliphatic heterocycles. The number of benzene rings is 4. The summed E-state index contributed by atoms with van der Waals surface area (Å²) in [5.41, 5.74) is 7.00. The summed E-state index contributed by atoms with van der Waals surface area (Å²) in [5.74, 6) is 0.752. The van der Waals surface area contributed by atoms with Crippen LogP contribution in [0.2, 0.25) is 0 Å². The van der Waals surface area contributed by atoms with Crippen LogP contribution < -0.4 is 5.32 Å². The molecular formula is C26H19N3. The van der Waals surface area contributed by atoms with Crippen LogP contribution in [-0.2, 0) is 0 Å². The predicted octanol–water partition coefficient (Wildman–Crippen LogP) is 6.71. The van der Waals surface area contributed by atoms with Crippen molar-refractivity contribution < 1.29 is 0 Å². The molecule has 1 aromatic heterocycles. The van der Waals surface area contributed by atoms with Gasteiger partial charge in [0.25, 0.3) is 0 Å². The maximum Gasteiger partial charge on any atom is 0.157 e. The average molecular weight is 373 g/mol. The molecular weight excluding hydrogens is 354 g/mol. The molecule has 0 radical (unpaired) electrons. The molecule has 0 aliphatic carbocycles. The van der Waals surface area contributed by atoms with Crippen LogP contribution in [0.15, 0.2) is 109 Å². The Kier molecular flexibility index (Phi) is 4.47. The van der Waals surface area contributed by atoms with Gasteiger partial charge in [-0.15, -0.1) is 0 Å². The fourth-order valence-electron chi connectivity index (χ4n) is 3.40. The molecule has 0 amide bonds. The molecule has 0 saturated carbocycles. The molecule has 5 aromatic rings. The van der Waals surface area contributed by atoms with E-state index in [4.69, 9.17) is 9.97 Å². The van der Waals surface area contributed by atoms with Crippen LogP contribution in [0.5, 0.6) is 0 Å². The Balaban J connectivity index is 1.54. The molecule has 0 fully saturated rings. The fourth-order valence-corrected chi connectivity index (χ4v) is 3.40. The number of fused-ring (bicyclic) bond motifs is 1. The third-order valence-electron chi connectivity index (χ3n) is 4.87. The highest BCUT2D eigenvalue weighted by molar-refractivity contribution is 5.85. The van der Waals surface area contributed by atoms with Gasteiger partial charge in [0.05, 0.1) is 11.0 Å². The van der Waals surface area contributed by atoms with E-state index in [9.17, 15) is 0 Å². The van der Waals surface area contributed by atoms with E-state index in [1.165, 1.54) is 11.1 Å². The van der Waals surface area contributed by atoms with E-state index in [2.05, 4.69) is 66.0 Å².